The van der Waals surface area contributed by atoms with Crippen LogP contribution in [0.4, 0.5) is 15.2 Å². The Bertz CT molecular complexity index is 1210. The van der Waals surface area contributed by atoms with Crippen LogP contribution in [0.15, 0.2) is 48.7 Å². The van der Waals surface area contributed by atoms with Crippen molar-refractivity contribution in [2.75, 3.05) is 5.32 Å². The Morgan fingerprint density at radius 2 is 2.00 bits per heavy atom. The number of carbonyl (C=O) groups excluding carboxylic acids is 1. The first-order chi connectivity index (χ1) is 13.4. The van der Waals surface area contributed by atoms with E-state index in [1.807, 2.05) is 6.92 Å². The van der Waals surface area contributed by atoms with Crippen molar-refractivity contribution in [3.63, 3.8) is 0 Å². The van der Waals surface area contributed by atoms with E-state index in [-0.39, 0.29) is 17.1 Å². The highest BCUT2D eigenvalue weighted by Gasteiger charge is 2.18. The topological polar surface area (TPSA) is 101 Å². The van der Waals surface area contributed by atoms with E-state index in [1.165, 1.54) is 41.8 Å². The molecule has 4 rings (SSSR count). The van der Waals surface area contributed by atoms with Gasteiger partial charge in [-0.25, -0.2) is 9.37 Å². The summed E-state index contributed by atoms with van der Waals surface area (Å²) in [4.78, 5) is 31.4. The van der Waals surface area contributed by atoms with Crippen molar-refractivity contribution in [2.45, 2.75) is 6.92 Å². The van der Waals surface area contributed by atoms with Gasteiger partial charge < -0.3 is 4.98 Å². The van der Waals surface area contributed by atoms with Crippen molar-refractivity contribution < 1.29 is 14.1 Å². The Kier molecular flexibility index (Phi) is 4.36. The molecule has 0 unspecified atom stereocenters. The van der Waals surface area contributed by atoms with Crippen LogP contribution in [0.2, 0.25) is 0 Å². The standard InChI is InChI=1S/C19H13FN4O3S/c1-10-17(11-2-4-12(20)5-3-11)22-19(28-10)23-18(25)15-9-21-16-7-6-13(24(26)27)8-14(15)16/h2-9,21H,1H3,(H,22,23,25). The van der Waals surface area contributed by atoms with Crippen molar-refractivity contribution >= 4 is 39.0 Å². The minimum absolute atomic E-state index is 0.0927. The van der Waals surface area contributed by atoms with Gasteiger partial charge in [0, 0.05) is 39.7 Å². The number of hydrogen-bond acceptors (Lipinski definition) is 5. The third-order valence-corrected chi connectivity index (χ3v) is 5.14. The highest BCUT2D eigenvalue weighted by molar-refractivity contribution is 7.16. The van der Waals surface area contributed by atoms with Crippen LogP contribution in [0.1, 0.15) is 15.2 Å². The number of anilines is 1. The van der Waals surface area contributed by atoms with Gasteiger partial charge in [0.15, 0.2) is 5.13 Å². The lowest BCUT2D eigenvalue weighted by Gasteiger charge is -2.01. The molecule has 28 heavy (non-hydrogen) atoms. The Morgan fingerprint density at radius 3 is 2.71 bits per heavy atom. The molecule has 0 radical (unpaired) electrons. The molecular formula is C19H13FN4O3S. The van der Waals surface area contributed by atoms with Crippen molar-refractivity contribution in [1.82, 2.24) is 9.97 Å². The van der Waals surface area contributed by atoms with Crippen LogP contribution in [0.5, 0.6) is 0 Å². The molecule has 0 fully saturated rings. The first-order valence-corrected chi connectivity index (χ1v) is 9.04. The Balaban J connectivity index is 1.63. The SMILES string of the molecule is Cc1sc(NC(=O)c2c[nH]c3ccc([N+](=O)[O-])cc23)nc1-c1ccc(F)cc1. The number of aryl methyl sites for hydroxylation is 1. The normalized spacial score (nSPS) is 10.9. The summed E-state index contributed by atoms with van der Waals surface area (Å²) in [5.74, 6) is -0.759. The zero-order valence-electron chi connectivity index (χ0n) is 14.5. The molecular weight excluding hydrogens is 383 g/mol. The molecule has 0 spiro atoms. The molecule has 2 aromatic carbocycles. The number of aromatic nitrogens is 2. The van der Waals surface area contributed by atoms with Gasteiger partial charge in [0.05, 0.1) is 16.2 Å². The Morgan fingerprint density at radius 1 is 1.25 bits per heavy atom. The van der Waals surface area contributed by atoms with Crippen molar-refractivity contribution in [2.24, 2.45) is 0 Å². The average Bonchev–Trinajstić information content (AvgIpc) is 3.25. The number of halogens is 1. The number of nitrogens with one attached hydrogen (secondary N) is 2. The average molecular weight is 396 g/mol. The number of fused-ring (bicyclic) bond motifs is 1. The maximum atomic E-state index is 13.1. The van der Waals surface area contributed by atoms with E-state index in [1.54, 1.807) is 18.2 Å². The van der Waals surface area contributed by atoms with Gasteiger partial charge >= 0.3 is 0 Å². The summed E-state index contributed by atoms with van der Waals surface area (Å²) in [5, 5.41) is 14.6. The summed E-state index contributed by atoms with van der Waals surface area (Å²) in [5.41, 5.74) is 2.23. The maximum absolute atomic E-state index is 13.1. The van der Waals surface area contributed by atoms with Crippen molar-refractivity contribution in [1.29, 1.82) is 0 Å². The minimum Gasteiger partial charge on any atom is -0.360 e. The van der Waals surface area contributed by atoms with Crippen LogP contribution in [-0.2, 0) is 0 Å². The predicted molar refractivity (Wildman–Crippen MR) is 105 cm³/mol. The van der Waals surface area contributed by atoms with E-state index >= 15 is 0 Å². The fourth-order valence-electron chi connectivity index (χ4n) is 2.90. The molecule has 2 heterocycles. The van der Waals surface area contributed by atoms with E-state index in [9.17, 15) is 19.3 Å². The van der Waals surface area contributed by atoms with Gasteiger partial charge in [-0.15, -0.1) is 11.3 Å². The van der Waals surface area contributed by atoms with Crippen molar-refractivity contribution in [3.05, 3.63) is 75.0 Å². The van der Waals surface area contributed by atoms with E-state index in [0.717, 1.165) is 10.4 Å². The number of amides is 1. The van der Waals surface area contributed by atoms with Crippen molar-refractivity contribution in [3.8, 4) is 11.3 Å². The van der Waals surface area contributed by atoms with E-state index < -0.39 is 10.8 Å². The van der Waals surface area contributed by atoms with Gasteiger partial charge in [-0.3, -0.25) is 20.2 Å². The van der Waals surface area contributed by atoms with Gasteiger partial charge in [0.25, 0.3) is 11.6 Å². The highest BCUT2D eigenvalue weighted by Crippen LogP contribution is 2.31. The van der Waals surface area contributed by atoms with E-state index in [4.69, 9.17) is 0 Å². The lowest BCUT2D eigenvalue weighted by atomic mass is 10.1. The van der Waals surface area contributed by atoms with Gasteiger partial charge in [-0.1, -0.05) is 0 Å². The van der Waals surface area contributed by atoms with E-state index in [0.29, 0.717) is 21.7 Å². The predicted octanol–water partition coefficient (Wildman–Crippen LogP) is 4.90. The molecule has 1 amide bonds. The molecule has 9 heteroatoms. The summed E-state index contributed by atoms with van der Waals surface area (Å²) in [6.45, 7) is 1.86. The minimum atomic E-state index is -0.507. The fraction of sp³-hybridized carbons (Fsp3) is 0.0526. The zero-order valence-corrected chi connectivity index (χ0v) is 15.3. The molecule has 2 aromatic heterocycles. The molecule has 4 aromatic rings. The molecule has 140 valence electrons. The number of H-pyrrole nitrogens is 1. The van der Waals surface area contributed by atoms with Crippen LogP contribution in [0, 0.1) is 22.9 Å². The third-order valence-electron chi connectivity index (χ3n) is 4.26. The van der Waals surface area contributed by atoms with Crippen LogP contribution < -0.4 is 5.32 Å². The van der Waals surface area contributed by atoms with E-state index in [2.05, 4.69) is 15.3 Å². The molecule has 0 saturated heterocycles. The second-order valence-electron chi connectivity index (χ2n) is 6.07. The summed E-state index contributed by atoms with van der Waals surface area (Å²) in [6.07, 6.45) is 1.51. The quantitative estimate of drug-likeness (QED) is 0.378. The molecule has 0 atom stereocenters. The maximum Gasteiger partial charge on any atom is 0.270 e. The van der Waals surface area contributed by atoms with Gasteiger partial charge in [-0.2, -0.15) is 0 Å². The smallest absolute Gasteiger partial charge is 0.270 e. The van der Waals surface area contributed by atoms with Gasteiger partial charge in [-0.05, 0) is 37.3 Å². The Labute approximate surface area is 162 Å². The van der Waals surface area contributed by atoms with Gasteiger partial charge in [0.1, 0.15) is 5.82 Å². The number of benzene rings is 2. The first-order valence-electron chi connectivity index (χ1n) is 8.22. The molecule has 0 aliphatic rings. The lowest BCUT2D eigenvalue weighted by molar-refractivity contribution is -0.384. The number of rotatable bonds is 4. The van der Waals surface area contributed by atoms with Crippen LogP contribution in [0.3, 0.4) is 0 Å². The number of carbonyl (C=O) groups is 1. The van der Waals surface area contributed by atoms with Crippen LogP contribution in [0.25, 0.3) is 22.2 Å². The molecule has 7 nitrogen and oxygen atoms in total. The first kappa shape index (κ1) is 17.8. The van der Waals surface area contributed by atoms with Crippen LogP contribution >= 0.6 is 11.3 Å². The summed E-state index contributed by atoms with van der Waals surface area (Å²) in [6, 6.07) is 10.3. The molecule has 0 aliphatic carbocycles. The number of aromatic amines is 1. The lowest BCUT2D eigenvalue weighted by Crippen LogP contribution is -2.11. The molecule has 2 N–H and O–H groups in total. The number of nitro groups is 1. The summed E-state index contributed by atoms with van der Waals surface area (Å²) in [7, 11) is 0. The van der Waals surface area contributed by atoms with Gasteiger partial charge in [0.2, 0.25) is 0 Å². The molecule has 0 bridgehead atoms. The largest absolute Gasteiger partial charge is 0.360 e. The summed E-state index contributed by atoms with van der Waals surface area (Å²) >= 11 is 1.30. The second-order valence-corrected chi connectivity index (χ2v) is 7.28. The third kappa shape index (κ3) is 3.23. The number of hydrogen-bond donors (Lipinski definition) is 2. The molecule has 0 aliphatic heterocycles. The van der Waals surface area contributed by atoms with Crippen LogP contribution in [-0.4, -0.2) is 20.8 Å². The number of nitrogens with zero attached hydrogens (tertiary/aromatic N) is 2. The summed E-state index contributed by atoms with van der Waals surface area (Å²) < 4.78 is 13.1. The second kappa shape index (κ2) is 6.86. The number of non-ortho nitro benzene ring substituents is 1. The fourth-order valence-corrected chi connectivity index (χ4v) is 3.73. The number of thiazole rings is 1. The monoisotopic (exact) mass is 396 g/mol. The molecule has 0 saturated carbocycles. The number of nitro benzene ring substituents is 1. The highest BCUT2D eigenvalue weighted by atomic mass is 32.1. The zero-order chi connectivity index (χ0) is 19.8. The Hall–Kier alpha value is -3.59.